The van der Waals surface area contributed by atoms with E-state index < -0.39 is 0 Å². The Balaban J connectivity index is 3.31. The van der Waals surface area contributed by atoms with Crippen LogP contribution in [0.4, 0.5) is 0 Å². The average Bonchev–Trinajstić information content (AvgIpc) is 1.82. The summed E-state index contributed by atoms with van der Waals surface area (Å²) in [5.41, 5.74) is 0.840. The van der Waals surface area contributed by atoms with Crippen LogP contribution >= 0.6 is 34.8 Å². The van der Waals surface area contributed by atoms with E-state index in [0.717, 1.165) is 5.56 Å². The topological polar surface area (TPSA) is 12.9 Å². The highest BCUT2D eigenvalue weighted by molar-refractivity contribution is 6.42. The second-order valence-electron chi connectivity index (χ2n) is 1.87. The summed E-state index contributed by atoms with van der Waals surface area (Å²) in [4.78, 5) is 3.73. The van der Waals surface area contributed by atoms with Gasteiger partial charge in [-0.1, -0.05) is 34.8 Å². The molecule has 0 fully saturated rings. The van der Waals surface area contributed by atoms with Gasteiger partial charge in [0.05, 0.1) is 5.02 Å². The maximum atomic E-state index is 5.70. The Bertz CT molecular complexity index is 236. The molecule has 0 radical (unpaired) electrons. The summed E-state index contributed by atoms with van der Waals surface area (Å²) in [6.45, 7) is 1.82. The number of pyridine rings is 1. The number of hydrogen-bond acceptors (Lipinski definition) is 1. The fraction of sp³-hybridized carbons (Fsp3) is 0.167. The molecule has 0 bridgehead atoms. The summed E-state index contributed by atoms with van der Waals surface area (Å²) in [6.07, 6.45) is 0. The number of nitrogens with zero attached hydrogens (tertiary/aromatic N) is 1. The Morgan fingerprint density at radius 3 is 2.40 bits per heavy atom. The Hall–Kier alpha value is 0.0200. The molecule has 1 rings (SSSR count). The first-order valence-corrected chi connectivity index (χ1v) is 3.73. The van der Waals surface area contributed by atoms with E-state index in [4.69, 9.17) is 34.8 Å². The number of halogens is 3. The highest BCUT2D eigenvalue weighted by atomic mass is 35.5. The molecule has 4 heteroatoms. The maximum Gasteiger partial charge on any atom is 0.149 e. The summed E-state index contributed by atoms with van der Waals surface area (Å²) < 4.78 is 0. The first-order chi connectivity index (χ1) is 4.61. The lowest BCUT2D eigenvalue weighted by Crippen LogP contribution is -1.82. The van der Waals surface area contributed by atoms with Crippen LogP contribution in [0.25, 0.3) is 0 Å². The van der Waals surface area contributed by atoms with Gasteiger partial charge in [-0.2, -0.15) is 0 Å². The van der Waals surface area contributed by atoms with Crippen LogP contribution < -0.4 is 0 Å². The standard InChI is InChI=1S/C6H4Cl3N/c1-3-2-4(7)10-6(9)5(3)8/h2H,1H3. The van der Waals surface area contributed by atoms with Gasteiger partial charge in [-0.15, -0.1) is 0 Å². The highest BCUT2D eigenvalue weighted by Gasteiger charge is 2.03. The number of rotatable bonds is 0. The first-order valence-electron chi connectivity index (χ1n) is 2.59. The van der Waals surface area contributed by atoms with E-state index in [-0.39, 0.29) is 5.15 Å². The van der Waals surface area contributed by atoms with Crippen molar-refractivity contribution in [3.63, 3.8) is 0 Å². The summed E-state index contributed by atoms with van der Waals surface area (Å²) in [5, 5.41) is 1.09. The molecule has 0 aliphatic heterocycles. The molecule has 0 aliphatic rings. The minimum Gasteiger partial charge on any atom is -0.223 e. The molecule has 0 saturated carbocycles. The normalized spacial score (nSPS) is 10.0. The van der Waals surface area contributed by atoms with E-state index in [1.807, 2.05) is 6.92 Å². The molecule has 10 heavy (non-hydrogen) atoms. The van der Waals surface area contributed by atoms with Crippen LogP contribution in [-0.2, 0) is 0 Å². The maximum absolute atomic E-state index is 5.70. The monoisotopic (exact) mass is 195 g/mol. The molecule has 1 nitrogen and oxygen atoms in total. The Morgan fingerprint density at radius 2 is 1.90 bits per heavy atom. The molecule has 0 spiro atoms. The van der Waals surface area contributed by atoms with Crippen LogP contribution in [0.15, 0.2) is 6.07 Å². The third kappa shape index (κ3) is 1.54. The molecule has 0 N–H and O–H groups in total. The quantitative estimate of drug-likeness (QED) is 0.580. The van der Waals surface area contributed by atoms with Gasteiger partial charge in [-0.05, 0) is 18.6 Å². The third-order valence-corrected chi connectivity index (χ3v) is 2.11. The Labute approximate surface area is 73.9 Å². The molecule has 0 saturated heterocycles. The van der Waals surface area contributed by atoms with Crippen molar-refractivity contribution in [2.75, 3.05) is 0 Å². The molecule has 1 aromatic rings. The molecule has 0 amide bonds. The fourth-order valence-corrected chi connectivity index (χ4v) is 1.21. The fourth-order valence-electron chi connectivity index (χ4n) is 0.580. The van der Waals surface area contributed by atoms with Crippen LogP contribution in [0.5, 0.6) is 0 Å². The van der Waals surface area contributed by atoms with Crippen molar-refractivity contribution in [3.8, 4) is 0 Å². The second-order valence-corrected chi connectivity index (χ2v) is 2.99. The average molecular weight is 196 g/mol. The van der Waals surface area contributed by atoms with Crippen molar-refractivity contribution >= 4 is 34.8 Å². The largest absolute Gasteiger partial charge is 0.223 e. The number of aromatic nitrogens is 1. The van der Waals surface area contributed by atoms with Gasteiger partial charge in [0.15, 0.2) is 0 Å². The summed E-state index contributed by atoms with van der Waals surface area (Å²) >= 11 is 16.9. The van der Waals surface area contributed by atoms with Gasteiger partial charge in [0.1, 0.15) is 10.3 Å². The van der Waals surface area contributed by atoms with Gasteiger partial charge >= 0.3 is 0 Å². The van der Waals surface area contributed by atoms with Crippen molar-refractivity contribution in [1.29, 1.82) is 0 Å². The molecule has 1 heterocycles. The highest BCUT2D eigenvalue weighted by Crippen LogP contribution is 2.25. The lowest BCUT2D eigenvalue weighted by atomic mass is 10.3. The van der Waals surface area contributed by atoms with E-state index in [2.05, 4.69) is 4.98 Å². The minimum atomic E-state index is 0.256. The zero-order chi connectivity index (χ0) is 7.72. The van der Waals surface area contributed by atoms with Crippen molar-refractivity contribution in [2.24, 2.45) is 0 Å². The Kier molecular flexibility index (Phi) is 2.40. The zero-order valence-corrected chi connectivity index (χ0v) is 7.43. The van der Waals surface area contributed by atoms with Crippen LogP contribution in [0.3, 0.4) is 0 Å². The predicted molar refractivity (Wildman–Crippen MR) is 44.0 cm³/mol. The predicted octanol–water partition coefficient (Wildman–Crippen LogP) is 3.35. The van der Waals surface area contributed by atoms with Gasteiger partial charge in [0.25, 0.3) is 0 Å². The van der Waals surface area contributed by atoms with E-state index in [0.29, 0.717) is 10.2 Å². The van der Waals surface area contributed by atoms with Gasteiger partial charge in [-0.25, -0.2) is 4.98 Å². The SMILES string of the molecule is Cc1cc(Cl)nc(Cl)c1Cl. The van der Waals surface area contributed by atoms with Gasteiger partial charge in [0.2, 0.25) is 0 Å². The molecule has 0 aromatic carbocycles. The summed E-state index contributed by atoms with van der Waals surface area (Å²) in [7, 11) is 0. The van der Waals surface area contributed by atoms with Gasteiger partial charge in [0, 0.05) is 0 Å². The van der Waals surface area contributed by atoms with E-state index in [9.17, 15) is 0 Å². The van der Waals surface area contributed by atoms with Crippen LogP contribution in [-0.4, -0.2) is 4.98 Å². The molecular formula is C6H4Cl3N. The molecular weight excluding hydrogens is 192 g/mol. The Morgan fingerprint density at radius 1 is 1.30 bits per heavy atom. The number of hydrogen-bond donors (Lipinski definition) is 0. The smallest absolute Gasteiger partial charge is 0.149 e. The van der Waals surface area contributed by atoms with Crippen molar-refractivity contribution < 1.29 is 0 Å². The molecule has 0 atom stereocenters. The van der Waals surface area contributed by atoms with E-state index >= 15 is 0 Å². The molecule has 1 aromatic heterocycles. The van der Waals surface area contributed by atoms with Crippen LogP contribution in [0, 0.1) is 6.92 Å². The zero-order valence-electron chi connectivity index (χ0n) is 5.16. The van der Waals surface area contributed by atoms with Gasteiger partial charge < -0.3 is 0 Å². The van der Waals surface area contributed by atoms with Crippen LogP contribution in [0.1, 0.15) is 5.56 Å². The molecule has 0 aliphatic carbocycles. The van der Waals surface area contributed by atoms with Crippen LogP contribution in [0.2, 0.25) is 15.3 Å². The minimum absolute atomic E-state index is 0.256. The van der Waals surface area contributed by atoms with Crippen molar-refractivity contribution in [1.82, 2.24) is 4.98 Å². The van der Waals surface area contributed by atoms with Gasteiger partial charge in [-0.3, -0.25) is 0 Å². The lowest BCUT2D eigenvalue weighted by Gasteiger charge is -1.98. The second kappa shape index (κ2) is 2.95. The van der Waals surface area contributed by atoms with E-state index in [1.165, 1.54) is 0 Å². The summed E-state index contributed by atoms with van der Waals surface area (Å²) in [6, 6.07) is 1.66. The molecule has 54 valence electrons. The first kappa shape index (κ1) is 8.12. The lowest BCUT2D eigenvalue weighted by molar-refractivity contribution is 1.29. The summed E-state index contributed by atoms with van der Waals surface area (Å²) in [5.74, 6) is 0. The van der Waals surface area contributed by atoms with Crippen molar-refractivity contribution in [2.45, 2.75) is 6.92 Å². The number of aryl methyl sites for hydroxylation is 1. The van der Waals surface area contributed by atoms with E-state index in [1.54, 1.807) is 6.07 Å². The van der Waals surface area contributed by atoms with Crippen molar-refractivity contribution in [3.05, 3.63) is 27.0 Å². The third-order valence-electron chi connectivity index (χ3n) is 1.07. The molecule has 0 unspecified atom stereocenters.